The molecule has 2 aromatic rings. The Hall–Kier alpha value is -1.66. The van der Waals surface area contributed by atoms with E-state index >= 15 is 0 Å². The number of hydrogen-bond donors (Lipinski definition) is 0. The van der Waals surface area contributed by atoms with Gasteiger partial charge >= 0.3 is 5.97 Å². The summed E-state index contributed by atoms with van der Waals surface area (Å²) >= 11 is 8.96. The van der Waals surface area contributed by atoms with Gasteiger partial charge in [0.1, 0.15) is 5.56 Å². The molecule has 0 saturated heterocycles. The van der Waals surface area contributed by atoms with Crippen LogP contribution in [0.2, 0.25) is 5.02 Å². The number of halogens is 2. The molecular formula is C14H12BrClN2O3. The molecule has 0 aliphatic carbocycles. The molecule has 0 fully saturated rings. The standard InChI is InChI=1S/C14H12BrClN2O3/c1-3-10-11(14(20)21-2)12(19)13(15)17-18(10)9-6-4-8(16)5-7-9/h4-7H,3H2,1-2H3. The molecule has 5 nitrogen and oxygen atoms in total. The van der Waals surface area contributed by atoms with E-state index in [1.807, 2.05) is 6.92 Å². The fourth-order valence-corrected chi connectivity index (χ4v) is 2.45. The zero-order chi connectivity index (χ0) is 15.6. The third-order valence-electron chi connectivity index (χ3n) is 2.94. The second kappa shape index (κ2) is 6.41. The molecule has 1 aromatic heterocycles. The molecule has 0 aliphatic heterocycles. The molecule has 0 unspecified atom stereocenters. The summed E-state index contributed by atoms with van der Waals surface area (Å²) in [5.41, 5.74) is 0.681. The summed E-state index contributed by atoms with van der Waals surface area (Å²) in [6.45, 7) is 1.84. The predicted molar refractivity (Wildman–Crippen MR) is 83.3 cm³/mol. The molecule has 7 heteroatoms. The largest absolute Gasteiger partial charge is 0.465 e. The van der Waals surface area contributed by atoms with E-state index in [9.17, 15) is 9.59 Å². The fourth-order valence-electron chi connectivity index (χ4n) is 1.97. The quantitative estimate of drug-likeness (QED) is 0.778. The van der Waals surface area contributed by atoms with Crippen molar-refractivity contribution in [1.29, 1.82) is 0 Å². The highest BCUT2D eigenvalue weighted by Crippen LogP contribution is 2.18. The van der Waals surface area contributed by atoms with E-state index < -0.39 is 11.4 Å². The number of aromatic nitrogens is 2. The van der Waals surface area contributed by atoms with E-state index in [0.717, 1.165) is 0 Å². The van der Waals surface area contributed by atoms with Gasteiger partial charge in [-0.05, 0) is 46.6 Å². The van der Waals surface area contributed by atoms with E-state index in [1.54, 1.807) is 24.3 Å². The van der Waals surface area contributed by atoms with Crippen LogP contribution in [-0.2, 0) is 11.2 Å². The Kier molecular flexibility index (Phi) is 4.80. The maximum absolute atomic E-state index is 12.1. The van der Waals surface area contributed by atoms with E-state index in [0.29, 0.717) is 22.8 Å². The Balaban J connectivity index is 2.78. The summed E-state index contributed by atoms with van der Waals surface area (Å²) in [6, 6.07) is 6.93. The summed E-state index contributed by atoms with van der Waals surface area (Å²) in [6.07, 6.45) is 0.447. The number of hydrogen-bond acceptors (Lipinski definition) is 4. The van der Waals surface area contributed by atoms with Gasteiger partial charge in [-0.15, -0.1) is 0 Å². The van der Waals surface area contributed by atoms with E-state index in [4.69, 9.17) is 16.3 Å². The molecular weight excluding hydrogens is 360 g/mol. The van der Waals surface area contributed by atoms with Crippen molar-refractivity contribution in [2.45, 2.75) is 13.3 Å². The molecule has 110 valence electrons. The Morgan fingerprint density at radius 1 is 1.38 bits per heavy atom. The van der Waals surface area contributed by atoms with Crippen molar-refractivity contribution in [3.05, 3.63) is 55.4 Å². The van der Waals surface area contributed by atoms with Gasteiger partial charge in [0, 0.05) is 5.02 Å². The van der Waals surface area contributed by atoms with Gasteiger partial charge in [0.25, 0.3) is 0 Å². The first kappa shape index (κ1) is 15.7. The lowest BCUT2D eigenvalue weighted by Gasteiger charge is -2.14. The number of carbonyl (C=O) groups excluding carboxylic acids is 1. The normalized spacial score (nSPS) is 10.5. The second-order valence-corrected chi connectivity index (χ2v) is 5.36. The number of rotatable bonds is 3. The summed E-state index contributed by atoms with van der Waals surface area (Å²) in [5.74, 6) is -0.678. The van der Waals surface area contributed by atoms with Gasteiger partial charge in [0.2, 0.25) is 5.43 Å². The first-order valence-electron chi connectivity index (χ1n) is 6.15. The van der Waals surface area contributed by atoms with Crippen LogP contribution in [0.25, 0.3) is 5.69 Å². The number of methoxy groups -OCH3 is 1. The lowest BCUT2D eigenvalue weighted by atomic mass is 10.1. The minimum Gasteiger partial charge on any atom is -0.465 e. The number of ether oxygens (including phenoxy) is 1. The van der Waals surface area contributed by atoms with Crippen LogP contribution in [0.3, 0.4) is 0 Å². The van der Waals surface area contributed by atoms with Crippen molar-refractivity contribution in [2.75, 3.05) is 7.11 Å². The average molecular weight is 372 g/mol. The van der Waals surface area contributed by atoms with Crippen molar-refractivity contribution in [3.63, 3.8) is 0 Å². The van der Waals surface area contributed by atoms with Gasteiger partial charge in [-0.2, -0.15) is 5.10 Å². The molecule has 0 radical (unpaired) electrons. The monoisotopic (exact) mass is 370 g/mol. The molecule has 0 bridgehead atoms. The molecule has 0 spiro atoms. The Labute approximate surface area is 134 Å². The summed E-state index contributed by atoms with van der Waals surface area (Å²) in [7, 11) is 1.24. The molecule has 0 amide bonds. The number of benzene rings is 1. The third-order valence-corrected chi connectivity index (χ3v) is 3.71. The maximum Gasteiger partial charge on any atom is 0.343 e. The fraction of sp³-hybridized carbons (Fsp3) is 0.214. The predicted octanol–water partition coefficient (Wildman–Crippen LogP) is 3.00. The number of esters is 1. The van der Waals surface area contributed by atoms with Crippen molar-refractivity contribution in [3.8, 4) is 5.69 Å². The van der Waals surface area contributed by atoms with Gasteiger partial charge in [-0.3, -0.25) is 4.79 Å². The van der Waals surface area contributed by atoms with Gasteiger partial charge in [0.05, 0.1) is 18.5 Å². The zero-order valence-electron chi connectivity index (χ0n) is 11.4. The lowest BCUT2D eigenvalue weighted by Crippen LogP contribution is -2.26. The molecule has 2 rings (SSSR count). The first-order chi connectivity index (χ1) is 9.99. The highest BCUT2D eigenvalue weighted by molar-refractivity contribution is 9.10. The maximum atomic E-state index is 12.1. The van der Waals surface area contributed by atoms with Crippen LogP contribution in [0.5, 0.6) is 0 Å². The minimum absolute atomic E-state index is 0.0168. The second-order valence-electron chi connectivity index (χ2n) is 4.17. The van der Waals surface area contributed by atoms with E-state index in [1.165, 1.54) is 11.8 Å². The Bertz CT molecular complexity index is 741. The van der Waals surface area contributed by atoms with Crippen LogP contribution in [0, 0.1) is 0 Å². The number of carbonyl (C=O) groups is 1. The molecule has 0 aliphatic rings. The van der Waals surface area contributed by atoms with Crippen LogP contribution < -0.4 is 5.43 Å². The molecule has 21 heavy (non-hydrogen) atoms. The summed E-state index contributed by atoms with van der Waals surface area (Å²) < 4.78 is 6.29. The smallest absolute Gasteiger partial charge is 0.343 e. The molecule has 0 N–H and O–H groups in total. The average Bonchev–Trinajstić information content (AvgIpc) is 2.49. The summed E-state index contributed by atoms with van der Waals surface area (Å²) in [5, 5.41) is 4.78. The highest BCUT2D eigenvalue weighted by Gasteiger charge is 2.22. The molecule has 0 atom stereocenters. The van der Waals surface area contributed by atoms with Crippen molar-refractivity contribution in [1.82, 2.24) is 9.78 Å². The topological polar surface area (TPSA) is 61.2 Å². The molecule has 1 heterocycles. The van der Waals surface area contributed by atoms with Crippen molar-refractivity contribution in [2.24, 2.45) is 0 Å². The van der Waals surface area contributed by atoms with Crippen LogP contribution in [0.4, 0.5) is 0 Å². The highest BCUT2D eigenvalue weighted by atomic mass is 79.9. The SMILES string of the molecule is CCc1c(C(=O)OC)c(=O)c(Br)nn1-c1ccc(Cl)cc1. The van der Waals surface area contributed by atoms with E-state index in [-0.39, 0.29) is 10.2 Å². The van der Waals surface area contributed by atoms with Gasteiger partial charge in [-0.1, -0.05) is 18.5 Å². The van der Waals surface area contributed by atoms with Gasteiger partial charge in [-0.25, -0.2) is 9.48 Å². The van der Waals surface area contributed by atoms with Crippen molar-refractivity contribution < 1.29 is 9.53 Å². The first-order valence-corrected chi connectivity index (χ1v) is 7.32. The molecule has 1 aromatic carbocycles. The van der Waals surface area contributed by atoms with Crippen LogP contribution in [0.1, 0.15) is 23.0 Å². The minimum atomic E-state index is -0.678. The van der Waals surface area contributed by atoms with Crippen LogP contribution in [-0.4, -0.2) is 22.9 Å². The van der Waals surface area contributed by atoms with Gasteiger partial charge in [0.15, 0.2) is 4.60 Å². The van der Waals surface area contributed by atoms with E-state index in [2.05, 4.69) is 21.0 Å². The Morgan fingerprint density at radius 2 is 2.00 bits per heavy atom. The Morgan fingerprint density at radius 3 is 2.52 bits per heavy atom. The third kappa shape index (κ3) is 3.01. The van der Waals surface area contributed by atoms with Crippen molar-refractivity contribution >= 4 is 33.5 Å². The van der Waals surface area contributed by atoms with Crippen LogP contribution in [0.15, 0.2) is 33.7 Å². The number of nitrogens with zero attached hydrogens (tertiary/aromatic N) is 2. The summed E-state index contributed by atoms with van der Waals surface area (Å²) in [4.78, 5) is 24.0. The van der Waals surface area contributed by atoms with Crippen LogP contribution >= 0.6 is 27.5 Å². The lowest BCUT2D eigenvalue weighted by molar-refractivity contribution is 0.0596. The van der Waals surface area contributed by atoms with Gasteiger partial charge < -0.3 is 4.74 Å². The zero-order valence-corrected chi connectivity index (χ0v) is 13.7. The molecule has 0 saturated carbocycles.